The molecule has 0 saturated carbocycles. The summed E-state index contributed by atoms with van der Waals surface area (Å²) in [4.78, 5) is 0. The summed E-state index contributed by atoms with van der Waals surface area (Å²) in [6, 6.07) is 11.1. The summed E-state index contributed by atoms with van der Waals surface area (Å²) >= 11 is 0. The van der Waals surface area contributed by atoms with E-state index < -0.39 is 0 Å². The fourth-order valence-corrected chi connectivity index (χ4v) is 2.33. The molecule has 0 fully saturated rings. The minimum Gasteiger partial charge on any atom is -0.0991 e. The lowest BCUT2D eigenvalue weighted by Crippen LogP contribution is -1.91. The van der Waals surface area contributed by atoms with E-state index in [0.29, 0.717) is 5.92 Å². The Hall–Kier alpha value is -1.82. The van der Waals surface area contributed by atoms with Crippen LogP contribution in [0.2, 0.25) is 0 Å². The molecule has 0 atom stereocenters. The van der Waals surface area contributed by atoms with Crippen LogP contribution in [-0.4, -0.2) is 0 Å². The zero-order valence-electron chi connectivity index (χ0n) is 13.4. The summed E-state index contributed by atoms with van der Waals surface area (Å²) in [6.07, 6.45) is 5.93. The van der Waals surface area contributed by atoms with Gasteiger partial charge in [0.2, 0.25) is 0 Å². The van der Waals surface area contributed by atoms with Gasteiger partial charge >= 0.3 is 0 Å². The van der Waals surface area contributed by atoms with Gasteiger partial charge in [0.05, 0.1) is 0 Å². The maximum Gasteiger partial charge on any atom is -0.0143 e. The van der Waals surface area contributed by atoms with Gasteiger partial charge in [-0.2, -0.15) is 0 Å². The summed E-state index contributed by atoms with van der Waals surface area (Å²) < 4.78 is 0. The highest BCUT2D eigenvalue weighted by atomic mass is 14.1. The van der Waals surface area contributed by atoms with Gasteiger partial charge in [-0.3, -0.25) is 0 Å². The fraction of sp³-hybridized carbons (Fsp3) is 0.300. The lowest BCUT2D eigenvalue weighted by molar-refractivity contribution is 0.876. The minimum absolute atomic E-state index is 0.549. The second-order valence-corrected chi connectivity index (χ2v) is 5.03. The van der Waals surface area contributed by atoms with Crippen LogP contribution in [0.1, 0.15) is 50.3 Å². The summed E-state index contributed by atoms with van der Waals surface area (Å²) in [7, 11) is 0. The first-order valence-electron chi connectivity index (χ1n) is 7.46. The normalized spacial score (nSPS) is 10.7. The lowest BCUT2D eigenvalue weighted by atomic mass is 9.93. The van der Waals surface area contributed by atoms with Crippen LogP contribution in [0.15, 0.2) is 49.1 Å². The maximum absolute atomic E-state index is 3.73. The van der Waals surface area contributed by atoms with Crippen molar-refractivity contribution >= 4 is 16.8 Å². The Balaban J connectivity index is 0.000000956. The van der Waals surface area contributed by atoms with Crippen molar-refractivity contribution in [3.63, 3.8) is 0 Å². The summed E-state index contributed by atoms with van der Waals surface area (Å²) in [5.41, 5.74) is 4.00. The van der Waals surface area contributed by atoms with E-state index in [-0.39, 0.29) is 0 Å². The van der Waals surface area contributed by atoms with Crippen LogP contribution < -0.4 is 0 Å². The van der Waals surface area contributed by atoms with Gasteiger partial charge in [0.1, 0.15) is 0 Å². The first-order valence-corrected chi connectivity index (χ1v) is 7.46. The molecule has 0 amide bonds. The highest BCUT2D eigenvalue weighted by Crippen LogP contribution is 2.28. The number of allylic oxidation sites excluding steroid dienone is 2. The van der Waals surface area contributed by atoms with Gasteiger partial charge in [-0.25, -0.2) is 0 Å². The van der Waals surface area contributed by atoms with E-state index >= 15 is 0 Å². The van der Waals surface area contributed by atoms with Crippen LogP contribution in [0.3, 0.4) is 0 Å². The van der Waals surface area contributed by atoms with Crippen molar-refractivity contribution < 1.29 is 0 Å². The van der Waals surface area contributed by atoms with Gasteiger partial charge in [0.15, 0.2) is 0 Å². The Morgan fingerprint density at radius 2 is 1.80 bits per heavy atom. The molecule has 0 aliphatic carbocycles. The zero-order chi connectivity index (χ0) is 15.1. The van der Waals surface area contributed by atoms with Gasteiger partial charge in [0.25, 0.3) is 0 Å². The van der Waals surface area contributed by atoms with Crippen LogP contribution >= 0.6 is 0 Å². The minimum atomic E-state index is 0.549. The molecule has 20 heavy (non-hydrogen) atoms. The Bertz CT molecular complexity index is 601. The molecule has 0 spiro atoms. The summed E-state index contributed by atoms with van der Waals surface area (Å²) in [5.74, 6) is 0.549. The van der Waals surface area contributed by atoms with Crippen LogP contribution in [0.25, 0.3) is 16.8 Å². The average molecular weight is 266 g/mol. The van der Waals surface area contributed by atoms with Gasteiger partial charge in [-0.05, 0) is 46.4 Å². The first-order chi connectivity index (χ1) is 9.63. The first kappa shape index (κ1) is 16.2. The monoisotopic (exact) mass is 266 g/mol. The molecule has 0 aliphatic heterocycles. The van der Waals surface area contributed by atoms with Crippen molar-refractivity contribution in [1.82, 2.24) is 0 Å². The number of hydrogen-bond acceptors (Lipinski definition) is 0. The smallest absolute Gasteiger partial charge is 0.0143 e. The van der Waals surface area contributed by atoms with Crippen molar-refractivity contribution in [2.75, 3.05) is 0 Å². The molecular formula is C20H26. The van der Waals surface area contributed by atoms with E-state index in [9.17, 15) is 0 Å². The molecule has 2 rings (SSSR count). The fourth-order valence-electron chi connectivity index (χ4n) is 2.33. The summed E-state index contributed by atoms with van der Waals surface area (Å²) in [6.45, 7) is 14.4. The predicted molar refractivity (Wildman–Crippen MR) is 93.4 cm³/mol. The molecule has 0 unspecified atom stereocenters. The average Bonchev–Trinajstić information content (AvgIpc) is 2.46. The van der Waals surface area contributed by atoms with Crippen LogP contribution in [-0.2, 0) is 0 Å². The number of hydrogen-bond donors (Lipinski definition) is 0. The van der Waals surface area contributed by atoms with Crippen molar-refractivity contribution in [3.8, 4) is 0 Å². The standard InChI is InChI=1S/C18H20.C2H6/c1-5-6-8-15-12-18-16(11-14(15)4)9-7-10-17(18)13(2)3;1-2/h5-13H,1H2,2-4H3;1-2H3/b8-6-;. The molecule has 106 valence electrons. The largest absolute Gasteiger partial charge is 0.0991 e. The van der Waals surface area contributed by atoms with E-state index in [0.717, 1.165) is 0 Å². The third kappa shape index (κ3) is 3.60. The van der Waals surface area contributed by atoms with Gasteiger partial charge in [0, 0.05) is 0 Å². The molecule has 0 heterocycles. The third-order valence-electron chi connectivity index (χ3n) is 3.33. The molecule has 2 aromatic carbocycles. The molecule has 0 saturated heterocycles. The predicted octanol–water partition coefficient (Wildman–Crippen LogP) is 6.50. The van der Waals surface area contributed by atoms with Gasteiger partial charge in [-0.1, -0.05) is 76.8 Å². The zero-order valence-corrected chi connectivity index (χ0v) is 13.4. The topological polar surface area (TPSA) is 0 Å². The van der Waals surface area contributed by atoms with Gasteiger partial charge < -0.3 is 0 Å². The maximum atomic E-state index is 3.73. The lowest BCUT2D eigenvalue weighted by Gasteiger charge is -2.12. The molecule has 0 heteroatoms. The summed E-state index contributed by atoms with van der Waals surface area (Å²) in [5, 5.41) is 2.69. The highest BCUT2D eigenvalue weighted by Gasteiger charge is 2.06. The quantitative estimate of drug-likeness (QED) is 0.556. The van der Waals surface area contributed by atoms with Crippen molar-refractivity contribution in [2.45, 2.75) is 40.5 Å². The van der Waals surface area contributed by atoms with Crippen molar-refractivity contribution in [1.29, 1.82) is 0 Å². The molecule has 2 aromatic rings. The Kier molecular flexibility index (Phi) is 6.24. The highest BCUT2D eigenvalue weighted by molar-refractivity contribution is 5.89. The Labute approximate surface area is 123 Å². The van der Waals surface area contributed by atoms with Crippen molar-refractivity contribution in [2.24, 2.45) is 0 Å². The molecule has 0 nitrogen and oxygen atoms in total. The van der Waals surface area contributed by atoms with E-state index in [1.807, 2.05) is 26.0 Å². The van der Waals surface area contributed by atoms with Crippen LogP contribution in [0, 0.1) is 6.92 Å². The molecule has 0 bridgehead atoms. The second kappa shape index (κ2) is 7.69. The SMILES string of the molecule is C=C/C=C\c1cc2c(C(C)C)cccc2cc1C.CC. The molecule has 0 aliphatic rings. The molecule has 0 aromatic heterocycles. The van der Waals surface area contributed by atoms with Crippen LogP contribution in [0.4, 0.5) is 0 Å². The number of aryl methyl sites for hydroxylation is 1. The Morgan fingerprint density at radius 3 is 2.40 bits per heavy atom. The molecule has 0 N–H and O–H groups in total. The molecular weight excluding hydrogens is 240 g/mol. The van der Waals surface area contributed by atoms with E-state index in [4.69, 9.17) is 0 Å². The van der Waals surface area contributed by atoms with Crippen molar-refractivity contribution in [3.05, 3.63) is 65.8 Å². The molecule has 0 radical (unpaired) electrons. The van der Waals surface area contributed by atoms with Crippen LogP contribution in [0.5, 0.6) is 0 Å². The second-order valence-electron chi connectivity index (χ2n) is 5.03. The Morgan fingerprint density at radius 1 is 1.10 bits per heavy atom. The van der Waals surface area contributed by atoms with E-state index in [1.165, 1.54) is 27.5 Å². The number of fused-ring (bicyclic) bond motifs is 1. The van der Waals surface area contributed by atoms with E-state index in [1.54, 1.807) is 0 Å². The van der Waals surface area contributed by atoms with Gasteiger partial charge in [-0.15, -0.1) is 0 Å². The number of benzene rings is 2. The van der Waals surface area contributed by atoms with E-state index in [2.05, 4.69) is 63.8 Å². The number of rotatable bonds is 3. The third-order valence-corrected chi connectivity index (χ3v) is 3.33.